The summed E-state index contributed by atoms with van der Waals surface area (Å²) in [5, 5.41) is 0. The predicted molar refractivity (Wildman–Crippen MR) is 118 cm³/mol. The molecule has 0 N–H and O–H groups in total. The van der Waals surface area contributed by atoms with Crippen LogP contribution in [0.1, 0.15) is 48.5 Å². The minimum atomic E-state index is 0.391. The van der Waals surface area contributed by atoms with Gasteiger partial charge < -0.3 is 9.47 Å². The van der Waals surface area contributed by atoms with Crippen LogP contribution in [-0.4, -0.2) is 17.1 Å². The molecule has 0 saturated carbocycles. The highest BCUT2D eigenvalue weighted by Crippen LogP contribution is 2.16. The van der Waals surface area contributed by atoms with Crippen LogP contribution in [0.25, 0.3) is 0 Å². The molecule has 0 aliphatic carbocycles. The Morgan fingerprint density at radius 3 is 2.22 bits per heavy atom. The van der Waals surface area contributed by atoms with Gasteiger partial charge in [-0.25, -0.2) is 9.98 Å². The lowest BCUT2D eigenvalue weighted by Crippen LogP contribution is -2.04. The SMILES string of the molecule is C=C/C=C\N=C(C)Oc1cccc(OC(=C/C)/N=C\C=C/C)n1.CC.CC. The van der Waals surface area contributed by atoms with Gasteiger partial charge >= 0.3 is 0 Å². The lowest BCUT2D eigenvalue weighted by atomic mass is 10.5. The summed E-state index contributed by atoms with van der Waals surface area (Å²) in [7, 11) is 0. The predicted octanol–water partition coefficient (Wildman–Crippen LogP) is 6.52. The Balaban J connectivity index is 0. The molecule has 0 amide bonds. The van der Waals surface area contributed by atoms with Crippen LogP contribution in [-0.2, 0) is 0 Å². The van der Waals surface area contributed by atoms with Crippen LogP contribution in [0.4, 0.5) is 0 Å². The van der Waals surface area contributed by atoms with E-state index in [2.05, 4.69) is 21.5 Å². The molecule has 5 nitrogen and oxygen atoms in total. The third kappa shape index (κ3) is 14.0. The van der Waals surface area contributed by atoms with Crippen LogP contribution < -0.4 is 9.47 Å². The van der Waals surface area contributed by atoms with Gasteiger partial charge in [-0.05, 0) is 32.1 Å². The van der Waals surface area contributed by atoms with Crippen LogP contribution in [0, 0.1) is 0 Å². The molecule has 0 aliphatic heterocycles. The summed E-state index contributed by atoms with van der Waals surface area (Å²) in [6.45, 7) is 17.1. The molecule has 0 saturated heterocycles. The summed E-state index contributed by atoms with van der Waals surface area (Å²) >= 11 is 0. The third-order valence-corrected chi connectivity index (χ3v) is 2.37. The van der Waals surface area contributed by atoms with Crippen LogP contribution >= 0.6 is 0 Å². The molecule has 1 aromatic rings. The van der Waals surface area contributed by atoms with Crippen molar-refractivity contribution in [2.75, 3.05) is 0 Å². The van der Waals surface area contributed by atoms with Gasteiger partial charge in [0.2, 0.25) is 17.6 Å². The summed E-state index contributed by atoms with van der Waals surface area (Å²) in [5.74, 6) is 1.70. The van der Waals surface area contributed by atoms with E-state index in [4.69, 9.17) is 9.47 Å². The van der Waals surface area contributed by atoms with E-state index >= 15 is 0 Å². The van der Waals surface area contributed by atoms with Gasteiger partial charge in [0.25, 0.3) is 0 Å². The van der Waals surface area contributed by atoms with Gasteiger partial charge in [0, 0.05) is 31.5 Å². The van der Waals surface area contributed by atoms with Crippen LogP contribution in [0.15, 0.2) is 77.2 Å². The van der Waals surface area contributed by atoms with Gasteiger partial charge in [0.05, 0.1) is 0 Å². The molecular weight excluding hydrogens is 338 g/mol. The zero-order chi connectivity index (χ0) is 20.9. The molecule has 148 valence electrons. The minimum Gasteiger partial charge on any atom is -0.425 e. The van der Waals surface area contributed by atoms with E-state index in [1.807, 2.05) is 53.7 Å². The Labute approximate surface area is 164 Å². The van der Waals surface area contributed by atoms with Gasteiger partial charge in [-0.1, -0.05) is 52.5 Å². The van der Waals surface area contributed by atoms with Crippen molar-refractivity contribution >= 4 is 12.1 Å². The van der Waals surface area contributed by atoms with Crippen molar-refractivity contribution in [2.45, 2.75) is 48.5 Å². The van der Waals surface area contributed by atoms with Crippen molar-refractivity contribution in [3.05, 3.63) is 67.2 Å². The molecule has 0 aliphatic rings. The summed E-state index contributed by atoms with van der Waals surface area (Å²) in [6, 6.07) is 5.24. The van der Waals surface area contributed by atoms with Crippen LogP contribution in [0.2, 0.25) is 0 Å². The largest absolute Gasteiger partial charge is 0.425 e. The van der Waals surface area contributed by atoms with E-state index in [-0.39, 0.29) is 0 Å². The highest BCUT2D eigenvalue weighted by Gasteiger charge is 2.03. The molecule has 0 atom stereocenters. The molecule has 0 unspecified atom stereocenters. The molecule has 0 aromatic carbocycles. The van der Waals surface area contributed by atoms with Crippen molar-refractivity contribution in [1.82, 2.24) is 4.98 Å². The first-order valence-corrected chi connectivity index (χ1v) is 9.16. The topological polar surface area (TPSA) is 56.1 Å². The summed E-state index contributed by atoms with van der Waals surface area (Å²) in [5.41, 5.74) is 0. The second-order valence-corrected chi connectivity index (χ2v) is 4.17. The number of hydrogen-bond acceptors (Lipinski definition) is 5. The van der Waals surface area contributed by atoms with Gasteiger partial charge in [-0.15, -0.1) is 0 Å². The summed E-state index contributed by atoms with van der Waals surface area (Å²) in [4.78, 5) is 12.5. The Morgan fingerprint density at radius 2 is 1.67 bits per heavy atom. The Hall–Kier alpha value is -2.95. The molecule has 5 heteroatoms. The lowest BCUT2D eigenvalue weighted by Gasteiger charge is -2.07. The van der Waals surface area contributed by atoms with Crippen molar-refractivity contribution in [3.63, 3.8) is 0 Å². The van der Waals surface area contributed by atoms with E-state index in [1.54, 1.807) is 55.8 Å². The molecular formula is C22H33N3O2. The normalized spacial score (nSPS) is 11.7. The first kappa shape index (κ1) is 26.3. The molecule has 0 bridgehead atoms. The van der Waals surface area contributed by atoms with Crippen LogP contribution in [0.3, 0.4) is 0 Å². The van der Waals surface area contributed by atoms with Gasteiger partial charge in [0.15, 0.2) is 5.90 Å². The zero-order valence-electron chi connectivity index (χ0n) is 17.6. The maximum Gasteiger partial charge on any atom is 0.224 e. The first-order chi connectivity index (χ1) is 13.2. The number of pyridine rings is 1. The number of hydrogen-bond donors (Lipinski definition) is 0. The quantitative estimate of drug-likeness (QED) is 0.237. The standard InChI is InChI=1S/C18H21N3O2.2C2H6/c1-5-8-13-19-15(4)22-17-11-10-12-18(21-17)23-16(7-3)20-14-9-6-2;2*1-2/h5-14H,1H2,2-4H3;2*1-2H3/b9-6-,13-8-,16-7+,19-15?,20-14-;;. The molecule has 1 rings (SSSR count). The van der Waals surface area contributed by atoms with E-state index in [0.29, 0.717) is 23.5 Å². The molecule has 27 heavy (non-hydrogen) atoms. The minimum absolute atomic E-state index is 0.391. The number of nitrogens with zero attached hydrogens (tertiary/aromatic N) is 3. The first-order valence-electron chi connectivity index (χ1n) is 9.16. The Bertz CT molecular complexity index is 657. The van der Waals surface area contributed by atoms with E-state index in [9.17, 15) is 0 Å². The monoisotopic (exact) mass is 371 g/mol. The maximum absolute atomic E-state index is 5.60. The Kier molecular flexibility index (Phi) is 18.9. The second-order valence-electron chi connectivity index (χ2n) is 4.17. The number of rotatable bonds is 7. The van der Waals surface area contributed by atoms with Gasteiger partial charge in [-0.3, -0.25) is 0 Å². The van der Waals surface area contributed by atoms with Gasteiger partial charge in [-0.2, -0.15) is 4.98 Å². The van der Waals surface area contributed by atoms with Crippen LogP contribution in [0.5, 0.6) is 11.8 Å². The fraction of sp³-hybridized carbons (Fsp3) is 0.318. The molecule has 0 fully saturated rings. The second kappa shape index (κ2) is 19.4. The third-order valence-electron chi connectivity index (χ3n) is 2.37. The molecule has 0 spiro atoms. The fourth-order valence-corrected chi connectivity index (χ4v) is 1.37. The number of aliphatic imine (C=N–C) groups is 2. The average molecular weight is 372 g/mol. The average Bonchev–Trinajstić information content (AvgIpc) is 2.71. The Morgan fingerprint density at radius 1 is 1.04 bits per heavy atom. The number of ether oxygens (including phenoxy) is 2. The van der Waals surface area contributed by atoms with E-state index in [1.165, 1.54) is 0 Å². The fourth-order valence-electron chi connectivity index (χ4n) is 1.37. The zero-order valence-corrected chi connectivity index (χ0v) is 17.6. The van der Waals surface area contributed by atoms with Crippen molar-refractivity contribution < 1.29 is 9.47 Å². The molecule has 1 heterocycles. The number of allylic oxidation sites excluding steroid dienone is 5. The summed E-state index contributed by atoms with van der Waals surface area (Å²) < 4.78 is 11.1. The maximum atomic E-state index is 5.60. The highest BCUT2D eigenvalue weighted by atomic mass is 16.5. The highest BCUT2D eigenvalue weighted by molar-refractivity contribution is 5.76. The van der Waals surface area contributed by atoms with Gasteiger partial charge in [0.1, 0.15) is 0 Å². The molecule has 1 aromatic heterocycles. The molecule has 0 radical (unpaired) electrons. The number of aromatic nitrogens is 1. The van der Waals surface area contributed by atoms with Crippen molar-refractivity contribution in [2.24, 2.45) is 9.98 Å². The van der Waals surface area contributed by atoms with E-state index < -0.39 is 0 Å². The smallest absolute Gasteiger partial charge is 0.224 e. The van der Waals surface area contributed by atoms with Crippen molar-refractivity contribution in [1.29, 1.82) is 0 Å². The summed E-state index contributed by atoms with van der Waals surface area (Å²) in [6.07, 6.45) is 12.0. The van der Waals surface area contributed by atoms with E-state index in [0.717, 1.165) is 0 Å². The lowest BCUT2D eigenvalue weighted by molar-refractivity contribution is 0.395. The van der Waals surface area contributed by atoms with Crippen molar-refractivity contribution in [3.8, 4) is 11.8 Å².